The van der Waals surface area contributed by atoms with Crippen LogP contribution in [0.2, 0.25) is 0 Å². The molecule has 3 rings (SSSR count). The smallest absolute Gasteiger partial charge is 0.417 e. The number of alkyl halides is 3. The molecule has 122 valence electrons. The molecular formula is C17H16F3NO2. The lowest BCUT2D eigenvalue weighted by Crippen LogP contribution is -2.29. The Morgan fingerprint density at radius 1 is 1.04 bits per heavy atom. The fraction of sp³-hybridized carbons (Fsp3) is 0.353. The highest BCUT2D eigenvalue weighted by molar-refractivity contribution is 5.74. The van der Waals surface area contributed by atoms with Gasteiger partial charge in [-0.3, -0.25) is 4.79 Å². The predicted molar refractivity (Wildman–Crippen MR) is 80.6 cm³/mol. The van der Waals surface area contributed by atoms with Gasteiger partial charge in [-0.25, -0.2) is 0 Å². The molecule has 6 heteroatoms. The number of hydrogen-bond donors (Lipinski definition) is 0. The minimum atomic E-state index is -4.49. The van der Waals surface area contributed by atoms with Crippen molar-refractivity contribution in [2.45, 2.75) is 25.4 Å². The van der Waals surface area contributed by atoms with E-state index in [0.717, 1.165) is 32.4 Å². The number of piperidine rings is 1. The van der Waals surface area contributed by atoms with Crippen molar-refractivity contribution < 1.29 is 22.4 Å². The van der Waals surface area contributed by atoms with Gasteiger partial charge in [0.1, 0.15) is 5.76 Å². The summed E-state index contributed by atoms with van der Waals surface area (Å²) in [5, 5.41) is 0. The summed E-state index contributed by atoms with van der Waals surface area (Å²) in [5.74, 6) is 0.0536. The number of benzene rings is 1. The van der Waals surface area contributed by atoms with E-state index in [1.54, 1.807) is 6.07 Å². The van der Waals surface area contributed by atoms with Crippen LogP contribution in [0.25, 0.3) is 11.3 Å². The molecule has 1 aromatic carbocycles. The van der Waals surface area contributed by atoms with E-state index in [1.165, 1.54) is 24.3 Å². The van der Waals surface area contributed by atoms with Crippen LogP contribution in [-0.4, -0.2) is 19.4 Å². The number of aldehydes is 1. The van der Waals surface area contributed by atoms with Crippen LogP contribution in [0.1, 0.15) is 35.4 Å². The predicted octanol–water partition coefficient (Wildman–Crippen LogP) is 4.77. The van der Waals surface area contributed by atoms with Crippen LogP contribution in [0.3, 0.4) is 0 Å². The van der Waals surface area contributed by atoms with Gasteiger partial charge in [0, 0.05) is 24.3 Å². The first-order valence-corrected chi connectivity index (χ1v) is 7.50. The van der Waals surface area contributed by atoms with Crippen LogP contribution in [0.15, 0.2) is 34.7 Å². The third-order valence-corrected chi connectivity index (χ3v) is 4.04. The highest BCUT2D eigenvalue weighted by Crippen LogP contribution is 2.40. The number of hydrogen-bond acceptors (Lipinski definition) is 3. The maximum Gasteiger partial charge on any atom is 0.417 e. The summed E-state index contributed by atoms with van der Waals surface area (Å²) in [6, 6.07) is 7.01. The second-order valence-corrected chi connectivity index (χ2v) is 5.60. The van der Waals surface area contributed by atoms with Crippen molar-refractivity contribution >= 4 is 12.0 Å². The Morgan fingerprint density at radius 2 is 1.78 bits per heavy atom. The van der Waals surface area contributed by atoms with Crippen LogP contribution in [0, 0.1) is 0 Å². The van der Waals surface area contributed by atoms with E-state index in [0.29, 0.717) is 12.0 Å². The first-order valence-electron chi connectivity index (χ1n) is 7.50. The third-order valence-electron chi connectivity index (χ3n) is 4.04. The molecule has 0 bridgehead atoms. The molecule has 0 amide bonds. The maximum absolute atomic E-state index is 13.4. The number of carbonyl (C=O) groups is 1. The van der Waals surface area contributed by atoms with Gasteiger partial charge in [-0.05, 0) is 49.6 Å². The molecule has 3 nitrogen and oxygen atoms in total. The number of furan rings is 1. The summed E-state index contributed by atoms with van der Waals surface area (Å²) in [4.78, 5) is 12.6. The van der Waals surface area contributed by atoms with Crippen molar-refractivity contribution in [1.29, 1.82) is 0 Å². The fourth-order valence-corrected chi connectivity index (χ4v) is 2.89. The molecular weight excluding hydrogens is 307 g/mol. The molecule has 1 aliphatic heterocycles. The zero-order valence-corrected chi connectivity index (χ0v) is 12.4. The Balaban J connectivity index is 2.03. The second-order valence-electron chi connectivity index (χ2n) is 5.60. The average Bonchev–Trinajstić information content (AvgIpc) is 3.03. The summed E-state index contributed by atoms with van der Waals surface area (Å²) in [7, 11) is 0. The Kier molecular flexibility index (Phi) is 4.15. The molecule has 0 atom stereocenters. The summed E-state index contributed by atoms with van der Waals surface area (Å²) in [6.45, 7) is 1.54. The molecule has 0 saturated carbocycles. The number of rotatable bonds is 3. The molecule has 1 fully saturated rings. The van der Waals surface area contributed by atoms with E-state index in [-0.39, 0.29) is 17.1 Å². The Labute approximate surface area is 131 Å². The third kappa shape index (κ3) is 3.25. The second kappa shape index (κ2) is 6.10. The van der Waals surface area contributed by atoms with E-state index in [2.05, 4.69) is 0 Å². The van der Waals surface area contributed by atoms with E-state index in [4.69, 9.17) is 4.42 Å². The summed E-state index contributed by atoms with van der Waals surface area (Å²) >= 11 is 0. The van der Waals surface area contributed by atoms with Crippen molar-refractivity contribution in [1.82, 2.24) is 0 Å². The van der Waals surface area contributed by atoms with Gasteiger partial charge < -0.3 is 9.32 Å². The quantitative estimate of drug-likeness (QED) is 0.763. The lowest BCUT2D eigenvalue weighted by Gasteiger charge is -2.29. The maximum atomic E-state index is 13.4. The van der Waals surface area contributed by atoms with Crippen LogP contribution >= 0.6 is 0 Å². The fourth-order valence-electron chi connectivity index (χ4n) is 2.89. The molecule has 0 aliphatic carbocycles. The number of anilines is 1. The van der Waals surface area contributed by atoms with Crippen molar-refractivity contribution in [3.8, 4) is 11.3 Å². The SMILES string of the molecule is O=Cc1ccc(-c2ccc(N3CCCCC3)cc2C(F)(F)F)o1. The van der Waals surface area contributed by atoms with Crippen molar-refractivity contribution in [3.63, 3.8) is 0 Å². The van der Waals surface area contributed by atoms with Crippen molar-refractivity contribution in [3.05, 3.63) is 41.7 Å². The van der Waals surface area contributed by atoms with Crippen LogP contribution in [-0.2, 0) is 6.18 Å². The molecule has 1 saturated heterocycles. The molecule has 23 heavy (non-hydrogen) atoms. The average molecular weight is 323 g/mol. The molecule has 0 unspecified atom stereocenters. The number of halogens is 3. The van der Waals surface area contributed by atoms with Gasteiger partial charge in [0.25, 0.3) is 0 Å². The first kappa shape index (κ1) is 15.6. The van der Waals surface area contributed by atoms with Gasteiger partial charge in [-0.1, -0.05) is 0 Å². The molecule has 0 N–H and O–H groups in total. The standard InChI is InChI=1S/C17H16F3NO2/c18-17(19,20)15-10-12(21-8-2-1-3-9-21)4-6-14(15)16-7-5-13(11-22)23-16/h4-7,10-11H,1-3,8-9H2. The Bertz CT molecular complexity index is 700. The van der Waals surface area contributed by atoms with Crippen molar-refractivity contribution in [2.24, 2.45) is 0 Å². The van der Waals surface area contributed by atoms with E-state index in [1.807, 2.05) is 4.90 Å². The molecule has 2 aromatic rings. The lowest BCUT2D eigenvalue weighted by molar-refractivity contribution is -0.137. The van der Waals surface area contributed by atoms with E-state index >= 15 is 0 Å². The van der Waals surface area contributed by atoms with Gasteiger partial charge in [-0.15, -0.1) is 0 Å². The molecule has 0 radical (unpaired) electrons. The number of nitrogens with zero attached hydrogens (tertiary/aromatic N) is 1. The normalized spacial score (nSPS) is 15.7. The van der Waals surface area contributed by atoms with Crippen LogP contribution in [0.5, 0.6) is 0 Å². The largest absolute Gasteiger partial charge is 0.453 e. The van der Waals surface area contributed by atoms with E-state index < -0.39 is 11.7 Å². The van der Waals surface area contributed by atoms with Gasteiger partial charge in [0.15, 0.2) is 12.0 Å². The minimum Gasteiger partial charge on any atom is -0.453 e. The Hall–Kier alpha value is -2.24. The van der Waals surface area contributed by atoms with Gasteiger partial charge in [0.05, 0.1) is 5.56 Å². The van der Waals surface area contributed by atoms with Gasteiger partial charge >= 0.3 is 6.18 Å². The molecule has 0 spiro atoms. The lowest BCUT2D eigenvalue weighted by atomic mass is 10.0. The van der Waals surface area contributed by atoms with E-state index in [9.17, 15) is 18.0 Å². The topological polar surface area (TPSA) is 33.5 Å². The first-order chi connectivity index (χ1) is 11.0. The van der Waals surface area contributed by atoms with Crippen LogP contribution < -0.4 is 4.90 Å². The highest BCUT2D eigenvalue weighted by Gasteiger charge is 2.35. The zero-order chi connectivity index (χ0) is 16.4. The zero-order valence-electron chi connectivity index (χ0n) is 12.4. The summed E-state index contributed by atoms with van der Waals surface area (Å²) in [6.07, 6.45) is -0.927. The highest BCUT2D eigenvalue weighted by atomic mass is 19.4. The Morgan fingerprint density at radius 3 is 2.39 bits per heavy atom. The number of carbonyl (C=O) groups excluding carboxylic acids is 1. The van der Waals surface area contributed by atoms with Gasteiger partial charge in [-0.2, -0.15) is 13.2 Å². The monoisotopic (exact) mass is 323 g/mol. The minimum absolute atomic E-state index is 0.00762. The summed E-state index contributed by atoms with van der Waals surface area (Å²) < 4.78 is 45.5. The van der Waals surface area contributed by atoms with Gasteiger partial charge in [0.2, 0.25) is 0 Å². The molecule has 1 aromatic heterocycles. The van der Waals surface area contributed by atoms with Crippen molar-refractivity contribution in [2.75, 3.05) is 18.0 Å². The van der Waals surface area contributed by atoms with Crippen LogP contribution in [0.4, 0.5) is 18.9 Å². The molecule has 1 aliphatic rings. The summed E-state index contributed by atoms with van der Waals surface area (Å²) in [5.41, 5.74) is -0.221. The molecule has 2 heterocycles.